The van der Waals surface area contributed by atoms with Crippen LogP contribution in [0.3, 0.4) is 0 Å². The maximum Gasteiger partial charge on any atom is 0.144 e. The quantitative estimate of drug-likeness (QED) is 0.864. The van der Waals surface area contributed by atoms with Gasteiger partial charge in [-0.3, -0.25) is 4.79 Å². The average Bonchev–Trinajstić information content (AvgIpc) is 2.64. The van der Waals surface area contributed by atoms with Crippen LogP contribution in [0.1, 0.15) is 38.5 Å². The van der Waals surface area contributed by atoms with Crippen LogP contribution in [-0.4, -0.2) is 18.4 Å². The topological polar surface area (TPSA) is 29.1 Å². The number of carbonyl (C=O) groups excluding carboxylic acids is 1. The number of rotatable bonds is 6. The van der Waals surface area contributed by atoms with Crippen molar-refractivity contribution in [2.45, 2.75) is 39.7 Å². The monoisotopic (exact) mass is 317 g/mol. The molecule has 0 amide bonds. The number of Topliss-reactive ketones (excluding diaryl/α,β-unsaturated/α-hetero) is 1. The van der Waals surface area contributed by atoms with E-state index < -0.39 is 0 Å². The maximum atomic E-state index is 12.2. The summed E-state index contributed by atoms with van der Waals surface area (Å²) < 4.78 is 1.08. The molecule has 0 aliphatic carbocycles. The van der Waals surface area contributed by atoms with Crippen LogP contribution in [0.4, 0.5) is 0 Å². The molecule has 0 aliphatic rings. The van der Waals surface area contributed by atoms with Crippen molar-refractivity contribution in [2.75, 3.05) is 6.54 Å². The standard InChI is InChI=1S/C13H20BrNOS/c1-8(2)13(16)10(7-15-9(3)4)11-5-6-12(14)17-11/h5-6,8-10,15H,7H2,1-4H3/t10-/m1/s1. The highest BCUT2D eigenvalue weighted by Gasteiger charge is 2.24. The van der Waals surface area contributed by atoms with Crippen molar-refractivity contribution < 1.29 is 4.79 Å². The van der Waals surface area contributed by atoms with Gasteiger partial charge in [0.1, 0.15) is 5.78 Å². The summed E-state index contributed by atoms with van der Waals surface area (Å²) in [4.78, 5) is 13.4. The van der Waals surface area contributed by atoms with Gasteiger partial charge in [0.15, 0.2) is 0 Å². The zero-order chi connectivity index (χ0) is 13.0. The Bertz CT molecular complexity index is 373. The van der Waals surface area contributed by atoms with Gasteiger partial charge < -0.3 is 5.32 Å². The highest BCUT2D eigenvalue weighted by Crippen LogP contribution is 2.30. The van der Waals surface area contributed by atoms with Gasteiger partial charge in [-0.15, -0.1) is 11.3 Å². The summed E-state index contributed by atoms with van der Waals surface area (Å²) in [5.74, 6) is 0.371. The number of thiophene rings is 1. The molecule has 0 saturated heterocycles. The molecule has 1 heterocycles. The summed E-state index contributed by atoms with van der Waals surface area (Å²) in [5.41, 5.74) is 0. The minimum absolute atomic E-state index is 0.0197. The molecule has 1 aromatic rings. The van der Waals surface area contributed by atoms with Crippen molar-refractivity contribution in [1.82, 2.24) is 5.32 Å². The van der Waals surface area contributed by atoms with Crippen molar-refractivity contribution in [3.8, 4) is 0 Å². The smallest absolute Gasteiger partial charge is 0.144 e. The predicted octanol–water partition coefficient (Wildman–Crippen LogP) is 3.82. The number of halogens is 1. The third kappa shape index (κ3) is 4.53. The molecule has 0 bridgehead atoms. The lowest BCUT2D eigenvalue weighted by molar-refractivity contribution is -0.123. The van der Waals surface area contributed by atoms with Gasteiger partial charge in [0.25, 0.3) is 0 Å². The highest BCUT2D eigenvalue weighted by molar-refractivity contribution is 9.11. The first-order valence-corrected chi connectivity index (χ1v) is 7.55. The molecule has 0 radical (unpaired) electrons. The second kappa shape index (κ2) is 6.66. The van der Waals surface area contributed by atoms with Crippen LogP contribution in [0.25, 0.3) is 0 Å². The first kappa shape index (κ1) is 14.9. The number of hydrogen-bond donors (Lipinski definition) is 1. The summed E-state index contributed by atoms with van der Waals surface area (Å²) in [6.45, 7) is 8.85. The Morgan fingerprint density at radius 1 is 1.35 bits per heavy atom. The zero-order valence-electron chi connectivity index (χ0n) is 10.8. The Labute approximate surface area is 116 Å². The molecule has 0 spiro atoms. The first-order valence-electron chi connectivity index (χ1n) is 5.94. The van der Waals surface area contributed by atoms with Crippen molar-refractivity contribution >= 4 is 33.0 Å². The lowest BCUT2D eigenvalue weighted by Crippen LogP contribution is -2.32. The molecule has 96 valence electrons. The molecule has 0 aliphatic heterocycles. The van der Waals surface area contributed by atoms with E-state index in [1.165, 1.54) is 0 Å². The molecule has 2 nitrogen and oxygen atoms in total. The lowest BCUT2D eigenvalue weighted by atomic mass is 9.93. The summed E-state index contributed by atoms with van der Waals surface area (Å²) in [6, 6.07) is 4.46. The predicted molar refractivity (Wildman–Crippen MR) is 77.7 cm³/mol. The largest absolute Gasteiger partial charge is 0.313 e. The van der Waals surface area contributed by atoms with E-state index in [2.05, 4.69) is 35.1 Å². The maximum absolute atomic E-state index is 12.2. The second-order valence-electron chi connectivity index (χ2n) is 4.81. The number of hydrogen-bond acceptors (Lipinski definition) is 3. The molecule has 4 heteroatoms. The van der Waals surface area contributed by atoms with Gasteiger partial charge in [-0.25, -0.2) is 0 Å². The van der Waals surface area contributed by atoms with E-state index in [1.807, 2.05) is 26.0 Å². The van der Waals surface area contributed by atoms with Gasteiger partial charge in [-0.05, 0) is 28.1 Å². The summed E-state index contributed by atoms with van der Waals surface area (Å²) in [7, 11) is 0. The fraction of sp³-hybridized carbons (Fsp3) is 0.615. The molecule has 1 N–H and O–H groups in total. The van der Waals surface area contributed by atoms with Crippen molar-refractivity contribution in [1.29, 1.82) is 0 Å². The van der Waals surface area contributed by atoms with Gasteiger partial charge in [0.2, 0.25) is 0 Å². The molecule has 1 atom stereocenters. The SMILES string of the molecule is CC(C)NC[C@@H](C(=O)C(C)C)c1ccc(Br)s1. The third-order valence-corrected chi connectivity index (χ3v) is 4.32. The molecule has 17 heavy (non-hydrogen) atoms. The Balaban J connectivity index is 2.82. The van der Waals surface area contributed by atoms with Gasteiger partial charge in [-0.2, -0.15) is 0 Å². The molecule has 1 aromatic heterocycles. The van der Waals surface area contributed by atoms with Gasteiger partial charge >= 0.3 is 0 Å². The fourth-order valence-electron chi connectivity index (χ4n) is 1.61. The van der Waals surface area contributed by atoms with Crippen LogP contribution in [0.5, 0.6) is 0 Å². The number of nitrogens with one attached hydrogen (secondary N) is 1. The van der Waals surface area contributed by atoms with Crippen molar-refractivity contribution in [2.24, 2.45) is 5.92 Å². The second-order valence-corrected chi connectivity index (χ2v) is 7.31. The molecule has 0 saturated carbocycles. The highest BCUT2D eigenvalue weighted by atomic mass is 79.9. The molecule has 0 fully saturated rings. The van der Waals surface area contributed by atoms with Crippen LogP contribution >= 0.6 is 27.3 Å². The van der Waals surface area contributed by atoms with Crippen molar-refractivity contribution in [3.63, 3.8) is 0 Å². The molecule has 0 aromatic carbocycles. The molecular weight excluding hydrogens is 298 g/mol. The fourth-order valence-corrected chi connectivity index (χ4v) is 3.14. The van der Waals surface area contributed by atoms with E-state index >= 15 is 0 Å². The van der Waals surface area contributed by atoms with E-state index in [-0.39, 0.29) is 11.8 Å². The average molecular weight is 318 g/mol. The summed E-state index contributed by atoms with van der Waals surface area (Å²) in [5, 5.41) is 3.36. The van der Waals surface area contributed by atoms with Gasteiger partial charge in [-0.1, -0.05) is 27.7 Å². The zero-order valence-corrected chi connectivity index (χ0v) is 13.2. The third-order valence-electron chi connectivity index (χ3n) is 2.58. The Morgan fingerprint density at radius 2 is 2.00 bits per heavy atom. The minimum Gasteiger partial charge on any atom is -0.313 e. The molecule has 1 rings (SSSR count). The number of carbonyl (C=O) groups is 1. The van der Waals surface area contributed by atoms with Crippen LogP contribution in [0, 0.1) is 5.92 Å². The van der Waals surface area contributed by atoms with Crippen LogP contribution < -0.4 is 5.32 Å². The van der Waals surface area contributed by atoms with E-state index in [0.29, 0.717) is 11.8 Å². The Kier molecular flexibility index (Phi) is 5.83. The molecular formula is C13H20BrNOS. The number of ketones is 1. The normalized spacial score (nSPS) is 13.4. The van der Waals surface area contributed by atoms with Crippen LogP contribution in [0.15, 0.2) is 15.9 Å². The van der Waals surface area contributed by atoms with Crippen LogP contribution in [-0.2, 0) is 4.79 Å². The van der Waals surface area contributed by atoms with Gasteiger partial charge in [0, 0.05) is 23.4 Å². The van der Waals surface area contributed by atoms with Crippen molar-refractivity contribution in [3.05, 3.63) is 20.8 Å². The van der Waals surface area contributed by atoms with E-state index in [4.69, 9.17) is 0 Å². The molecule has 0 unspecified atom stereocenters. The van der Waals surface area contributed by atoms with E-state index in [1.54, 1.807) is 11.3 Å². The summed E-state index contributed by atoms with van der Waals surface area (Å²) >= 11 is 5.10. The Morgan fingerprint density at radius 3 is 2.41 bits per heavy atom. The summed E-state index contributed by atoms with van der Waals surface area (Å²) in [6.07, 6.45) is 0. The van der Waals surface area contributed by atoms with Crippen LogP contribution in [0.2, 0.25) is 0 Å². The first-order chi connectivity index (χ1) is 7.91. The van der Waals surface area contributed by atoms with E-state index in [9.17, 15) is 4.79 Å². The van der Waals surface area contributed by atoms with Gasteiger partial charge in [0.05, 0.1) is 9.70 Å². The minimum atomic E-state index is -0.0197. The lowest BCUT2D eigenvalue weighted by Gasteiger charge is -2.18. The van der Waals surface area contributed by atoms with E-state index in [0.717, 1.165) is 15.2 Å². The Hall–Kier alpha value is -0.190.